The van der Waals surface area contributed by atoms with Crippen LogP contribution in [0.3, 0.4) is 0 Å². The van der Waals surface area contributed by atoms with E-state index in [0.717, 1.165) is 22.2 Å². The molecule has 3 aromatic carbocycles. The lowest BCUT2D eigenvalue weighted by atomic mass is 9.78. The van der Waals surface area contributed by atoms with Gasteiger partial charge in [0.15, 0.2) is 0 Å². The molecule has 0 aliphatic heterocycles. The molecule has 1 aliphatic rings. The molecule has 5 amide bonds. The molecule has 0 radical (unpaired) electrons. The van der Waals surface area contributed by atoms with Gasteiger partial charge in [0.05, 0.1) is 17.1 Å². The van der Waals surface area contributed by atoms with Crippen LogP contribution in [0.4, 0.5) is 16.2 Å². The van der Waals surface area contributed by atoms with E-state index < -0.39 is 35.3 Å². The zero-order valence-electron chi connectivity index (χ0n) is 24.5. The van der Waals surface area contributed by atoms with E-state index >= 15 is 0 Å². The zero-order valence-corrected chi connectivity index (χ0v) is 25.3. The second kappa shape index (κ2) is 12.8. The van der Waals surface area contributed by atoms with E-state index in [0.29, 0.717) is 34.8 Å². The third-order valence-corrected chi connectivity index (χ3v) is 8.26. The zero-order chi connectivity index (χ0) is 31.4. The number of aromatic amines is 1. The molecule has 4 aromatic rings. The number of para-hydroxylation sites is 2. The molecule has 1 heterocycles. The van der Waals surface area contributed by atoms with Gasteiger partial charge in [-0.2, -0.15) is 0 Å². The van der Waals surface area contributed by atoms with Crippen molar-refractivity contribution in [3.05, 3.63) is 94.6 Å². The average Bonchev–Trinajstić information content (AvgIpc) is 3.35. The van der Waals surface area contributed by atoms with E-state index in [4.69, 9.17) is 17.3 Å². The maximum Gasteiger partial charge on any atom is 0.323 e. The highest BCUT2D eigenvalue weighted by Gasteiger charge is 2.45. The number of amides is 5. The van der Waals surface area contributed by atoms with Crippen molar-refractivity contribution in [2.24, 2.45) is 11.7 Å². The molecular weight excluding hydrogens is 580 g/mol. The number of rotatable bonds is 9. The van der Waals surface area contributed by atoms with Crippen LogP contribution in [0.1, 0.15) is 37.1 Å². The average molecular weight is 615 g/mol. The van der Waals surface area contributed by atoms with Gasteiger partial charge in [0.1, 0.15) is 11.6 Å². The Bertz CT molecular complexity index is 1720. The number of benzene rings is 3. The van der Waals surface area contributed by atoms with Crippen LogP contribution in [0, 0.1) is 5.92 Å². The number of aryl methyl sites for hydroxylation is 1. The predicted octanol–water partition coefficient (Wildman–Crippen LogP) is 4.68. The molecule has 1 aliphatic carbocycles. The number of anilines is 2. The summed E-state index contributed by atoms with van der Waals surface area (Å²) < 4.78 is 0. The minimum atomic E-state index is -1.32. The van der Waals surface area contributed by atoms with Crippen LogP contribution < -0.4 is 27.0 Å². The summed E-state index contributed by atoms with van der Waals surface area (Å²) >= 11 is 6.35. The van der Waals surface area contributed by atoms with E-state index in [1.165, 1.54) is 0 Å². The number of carbonyl (C=O) groups is 4. The smallest absolute Gasteiger partial charge is 0.323 e. The van der Waals surface area contributed by atoms with Crippen LogP contribution in [0.2, 0.25) is 5.02 Å². The summed E-state index contributed by atoms with van der Waals surface area (Å²) in [6, 6.07) is 20.3. The Labute approximate surface area is 260 Å². The number of primary amides is 1. The van der Waals surface area contributed by atoms with Gasteiger partial charge in [-0.15, -0.1) is 0 Å². The number of urea groups is 1. The first-order valence-electron chi connectivity index (χ1n) is 14.5. The summed E-state index contributed by atoms with van der Waals surface area (Å²) in [4.78, 5) is 55.7. The molecule has 7 N–H and O–H groups in total. The standard InChI is InChI=1S/C33H35ClN6O4/c1-19(2)29(30(35)42)39-31(43)33(15-14-26-23(18-33)22-10-6-7-11-25(22)37-26)40-28(41)17-20-12-13-24(34)27(16-20)38-32(44)36-21-8-4-3-5-9-21/h3-13,16,19,29,37H,14-15,17-18H2,1-2H3,(H2,35,42)(H,39,43)(H,40,41)(H2,36,38,44)/t29-,33+/m0/s1. The van der Waals surface area contributed by atoms with E-state index in [-0.39, 0.29) is 18.8 Å². The number of carbonyl (C=O) groups excluding carboxylic acids is 4. The first-order chi connectivity index (χ1) is 21.0. The minimum absolute atomic E-state index is 0.0780. The monoisotopic (exact) mass is 614 g/mol. The van der Waals surface area contributed by atoms with Crippen molar-refractivity contribution in [2.45, 2.75) is 51.1 Å². The van der Waals surface area contributed by atoms with Gasteiger partial charge in [0.2, 0.25) is 17.7 Å². The predicted molar refractivity (Wildman–Crippen MR) is 171 cm³/mol. The number of halogens is 1. The Hall–Kier alpha value is -4.83. The van der Waals surface area contributed by atoms with E-state index in [1.54, 1.807) is 56.3 Å². The second-order valence-corrected chi connectivity index (χ2v) is 11.9. The van der Waals surface area contributed by atoms with Crippen molar-refractivity contribution < 1.29 is 19.2 Å². The third-order valence-electron chi connectivity index (χ3n) is 7.93. The fraction of sp³-hybridized carbons (Fsp3) is 0.273. The van der Waals surface area contributed by atoms with Crippen LogP contribution in [0.25, 0.3) is 10.9 Å². The summed E-state index contributed by atoms with van der Waals surface area (Å²) in [5.41, 5.74) is 8.74. The Kier molecular flexibility index (Phi) is 8.91. The summed E-state index contributed by atoms with van der Waals surface area (Å²) in [5.74, 6) is -1.74. The molecule has 44 heavy (non-hydrogen) atoms. The van der Waals surface area contributed by atoms with Crippen molar-refractivity contribution in [3.8, 4) is 0 Å². The largest absolute Gasteiger partial charge is 0.368 e. The minimum Gasteiger partial charge on any atom is -0.368 e. The molecule has 1 aromatic heterocycles. The molecule has 5 rings (SSSR count). The first kappa shape index (κ1) is 30.6. The number of nitrogens with two attached hydrogens (primary N) is 1. The van der Waals surface area contributed by atoms with Gasteiger partial charge in [-0.3, -0.25) is 14.4 Å². The van der Waals surface area contributed by atoms with Gasteiger partial charge < -0.3 is 32.0 Å². The molecule has 228 valence electrons. The Balaban J connectivity index is 1.37. The second-order valence-electron chi connectivity index (χ2n) is 11.5. The summed E-state index contributed by atoms with van der Waals surface area (Å²) in [5, 5.41) is 12.6. The molecule has 11 heteroatoms. The Morgan fingerprint density at radius 3 is 2.43 bits per heavy atom. The van der Waals surface area contributed by atoms with Crippen molar-refractivity contribution in [3.63, 3.8) is 0 Å². The molecule has 0 saturated carbocycles. The van der Waals surface area contributed by atoms with Gasteiger partial charge in [0, 0.05) is 28.7 Å². The number of hydrogen-bond acceptors (Lipinski definition) is 4. The number of nitrogens with one attached hydrogen (secondary N) is 5. The number of H-pyrrole nitrogens is 1. The van der Waals surface area contributed by atoms with Gasteiger partial charge >= 0.3 is 6.03 Å². The van der Waals surface area contributed by atoms with Crippen LogP contribution >= 0.6 is 11.6 Å². The van der Waals surface area contributed by atoms with Crippen molar-refractivity contribution in [1.82, 2.24) is 15.6 Å². The van der Waals surface area contributed by atoms with Gasteiger partial charge in [0.25, 0.3) is 0 Å². The quantitative estimate of drug-likeness (QED) is 0.162. The van der Waals surface area contributed by atoms with E-state index in [2.05, 4.69) is 26.3 Å². The first-order valence-corrected chi connectivity index (χ1v) is 14.8. The lowest BCUT2D eigenvalue weighted by Crippen LogP contribution is -2.64. The Morgan fingerprint density at radius 2 is 1.70 bits per heavy atom. The molecule has 0 spiro atoms. The molecule has 2 atom stereocenters. The van der Waals surface area contributed by atoms with Gasteiger partial charge in [-0.05, 0) is 60.2 Å². The number of hydrogen-bond donors (Lipinski definition) is 6. The van der Waals surface area contributed by atoms with Crippen LogP contribution in [0.15, 0.2) is 72.8 Å². The fourth-order valence-electron chi connectivity index (χ4n) is 5.68. The van der Waals surface area contributed by atoms with Crippen LogP contribution in [0.5, 0.6) is 0 Å². The highest BCUT2D eigenvalue weighted by molar-refractivity contribution is 6.33. The number of aromatic nitrogens is 1. The van der Waals surface area contributed by atoms with E-state index in [1.807, 2.05) is 30.3 Å². The van der Waals surface area contributed by atoms with Gasteiger partial charge in [-0.1, -0.05) is 67.9 Å². The topological polar surface area (TPSA) is 158 Å². The summed E-state index contributed by atoms with van der Waals surface area (Å²) in [6.45, 7) is 3.59. The fourth-order valence-corrected chi connectivity index (χ4v) is 5.85. The lowest BCUT2D eigenvalue weighted by molar-refractivity contribution is -0.136. The molecule has 0 fully saturated rings. The maximum absolute atomic E-state index is 13.9. The van der Waals surface area contributed by atoms with Crippen molar-refractivity contribution in [2.75, 3.05) is 10.6 Å². The van der Waals surface area contributed by atoms with Crippen molar-refractivity contribution in [1.29, 1.82) is 0 Å². The summed E-state index contributed by atoms with van der Waals surface area (Å²) in [7, 11) is 0. The van der Waals surface area contributed by atoms with E-state index in [9.17, 15) is 19.2 Å². The lowest BCUT2D eigenvalue weighted by Gasteiger charge is -2.38. The van der Waals surface area contributed by atoms with Crippen LogP contribution in [-0.2, 0) is 33.6 Å². The Morgan fingerprint density at radius 1 is 0.977 bits per heavy atom. The van der Waals surface area contributed by atoms with Crippen LogP contribution in [-0.4, -0.2) is 40.3 Å². The highest BCUT2D eigenvalue weighted by Crippen LogP contribution is 2.35. The molecule has 0 bridgehead atoms. The normalized spacial score (nSPS) is 16.5. The third kappa shape index (κ3) is 6.70. The molecule has 0 unspecified atom stereocenters. The maximum atomic E-state index is 13.9. The highest BCUT2D eigenvalue weighted by atomic mass is 35.5. The molecular formula is C33H35ClN6O4. The number of fused-ring (bicyclic) bond motifs is 3. The van der Waals surface area contributed by atoms with Gasteiger partial charge in [-0.25, -0.2) is 4.79 Å². The molecule has 0 saturated heterocycles. The summed E-state index contributed by atoms with van der Waals surface area (Å²) in [6.07, 6.45) is 0.999. The molecule has 10 nitrogen and oxygen atoms in total. The SMILES string of the molecule is CC(C)[C@H](NC(=O)[C@@]1(NC(=O)Cc2ccc(Cl)c(NC(=O)Nc3ccccc3)c2)CCc2[nH]c3ccccc3c2C1)C(N)=O. The van der Waals surface area contributed by atoms with Crippen molar-refractivity contribution >= 4 is 57.6 Å².